The van der Waals surface area contributed by atoms with Crippen molar-refractivity contribution in [1.82, 2.24) is 10.3 Å². The summed E-state index contributed by atoms with van der Waals surface area (Å²) in [6.07, 6.45) is 0. The molecule has 0 unspecified atom stereocenters. The summed E-state index contributed by atoms with van der Waals surface area (Å²) in [5.74, 6) is -1.82. The standard InChI is InChI=1S/C20H14N2O6S/c23-19(21-22-29(26,27)14-8-5-12(6-9-14)20(24)25)13-7-10-18-16(11-13)15-3-1-2-4-17(15)28-18/h1-11,22H,(H,21,23)(H,24,25). The number of carbonyl (C=O) groups is 2. The molecule has 0 bridgehead atoms. The first-order valence-electron chi connectivity index (χ1n) is 8.42. The van der Waals surface area contributed by atoms with Crippen LogP contribution >= 0.6 is 0 Å². The van der Waals surface area contributed by atoms with Crippen molar-refractivity contribution >= 4 is 43.8 Å². The van der Waals surface area contributed by atoms with E-state index in [9.17, 15) is 18.0 Å². The first kappa shape index (κ1) is 18.7. The summed E-state index contributed by atoms with van der Waals surface area (Å²) >= 11 is 0. The van der Waals surface area contributed by atoms with Gasteiger partial charge in [0.25, 0.3) is 15.9 Å². The van der Waals surface area contributed by atoms with Gasteiger partial charge in [-0.2, -0.15) is 0 Å². The van der Waals surface area contributed by atoms with Crippen molar-refractivity contribution in [3.63, 3.8) is 0 Å². The first-order chi connectivity index (χ1) is 13.8. The number of carboxylic acids is 1. The topological polar surface area (TPSA) is 126 Å². The molecule has 4 aromatic rings. The van der Waals surface area contributed by atoms with Gasteiger partial charge in [-0.3, -0.25) is 10.2 Å². The third-order valence-corrected chi connectivity index (χ3v) is 5.61. The van der Waals surface area contributed by atoms with Crippen LogP contribution in [0.3, 0.4) is 0 Å². The van der Waals surface area contributed by atoms with Crippen LogP contribution in [0.25, 0.3) is 21.9 Å². The predicted molar refractivity (Wildman–Crippen MR) is 105 cm³/mol. The average molecular weight is 410 g/mol. The van der Waals surface area contributed by atoms with E-state index < -0.39 is 21.9 Å². The number of furan rings is 1. The van der Waals surface area contributed by atoms with Gasteiger partial charge in [0.2, 0.25) is 0 Å². The molecule has 0 spiro atoms. The van der Waals surface area contributed by atoms with Gasteiger partial charge in [0, 0.05) is 16.3 Å². The van der Waals surface area contributed by atoms with Crippen molar-refractivity contribution in [2.45, 2.75) is 4.90 Å². The van der Waals surface area contributed by atoms with Gasteiger partial charge in [0.1, 0.15) is 11.2 Å². The van der Waals surface area contributed by atoms with Crippen LogP contribution in [0.1, 0.15) is 20.7 Å². The smallest absolute Gasteiger partial charge is 0.335 e. The van der Waals surface area contributed by atoms with E-state index in [1.807, 2.05) is 29.1 Å². The number of benzene rings is 3. The van der Waals surface area contributed by atoms with E-state index in [-0.39, 0.29) is 16.0 Å². The number of rotatable bonds is 5. The van der Waals surface area contributed by atoms with Crippen LogP contribution < -0.4 is 10.3 Å². The zero-order valence-electron chi connectivity index (χ0n) is 14.7. The quantitative estimate of drug-likeness (QED) is 0.434. The molecule has 0 saturated carbocycles. The van der Waals surface area contributed by atoms with Gasteiger partial charge in [0.05, 0.1) is 10.5 Å². The maximum absolute atomic E-state index is 12.4. The van der Waals surface area contributed by atoms with Crippen LogP contribution in [0, 0.1) is 0 Å². The number of hydrazine groups is 1. The summed E-state index contributed by atoms with van der Waals surface area (Å²) < 4.78 is 30.3. The molecule has 1 amide bonds. The fourth-order valence-electron chi connectivity index (χ4n) is 2.89. The van der Waals surface area contributed by atoms with Crippen molar-refractivity contribution in [3.05, 3.63) is 77.9 Å². The molecule has 0 atom stereocenters. The van der Waals surface area contributed by atoms with Crippen molar-refractivity contribution in [2.24, 2.45) is 0 Å². The van der Waals surface area contributed by atoms with Gasteiger partial charge >= 0.3 is 5.97 Å². The van der Waals surface area contributed by atoms with Crippen LogP contribution in [-0.2, 0) is 10.0 Å². The highest BCUT2D eigenvalue weighted by Crippen LogP contribution is 2.29. The van der Waals surface area contributed by atoms with E-state index in [1.54, 1.807) is 12.1 Å². The van der Waals surface area contributed by atoms with Gasteiger partial charge in [-0.05, 0) is 48.5 Å². The molecule has 0 radical (unpaired) electrons. The van der Waals surface area contributed by atoms with E-state index in [0.717, 1.165) is 35.0 Å². The molecular formula is C20H14N2O6S. The SMILES string of the molecule is O=C(O)c1ccc(S(=O)(=O)NNC(=O)c2ccc3oc4ccccc4c3c2)cc1. The number of sulfonamides is 1. The molecule has 9 heteroatoms. The van der Waals surface area contributed by atoms with Crippen molar-refractivity contribution in [3.8, 4) is 0 Å². The van der Waals surface area contributed by atoms with Gasteiger partial charge in [0.15, 0.2) is 0 Å². The average Bonchev–Trinajstić information content (AvgIpc) is 3.10. The molecule has 0 aliphatic rings. The van der Waals surface area contributed by atoms with Crippen LogP contribution in [0.15, 0.2) is 76.0 Å². The summed E-state index contributed by atoms with van der Waals surface area (Å²) in [6, 6.07) is 16.8. The number of amides is 1. The van der Waals surface area contributed by atoms with E-state index in [0.29, 0.717) is 11.2 Å². The van der Waals surface area contributed by atoms with E-state index in [4.69, 9.17) is 9.52 Å². The molecule has 0 aliphatic carbocycles. The lowest BCUT2D eigenvalue weighted by atomic mass is 10.1. The van der Waals surface area contributed by atoms with Crippen molar-refractivity contribution in [1.29, 1.82) is 0 Å². The lowest BCUT2D eigenvalue weighted by molar-refractivity contribution is 0.0696. The molecule has 146 valence electrons. The van der Waals surface area contributed by atoms with Gasteiger partial charge in [-0.1, -0.05) is 18.2 Å². The highest BCUT2D eigenvalue weighted by Gasteiger charge is 2.17. The Labute approximate surface area is 164 Å². The number of para-hydroxylation sites is 1. The molecule has 4 rings (SSSR count). The molecule has 3 N–H and O–H groups in total. The number of fused-ring (bicyclic) bond motifs is 3. The highest BCUT2D eigenvalue weighted by molar-refractivity contribution is 7.89. The molecule has 0 fully saturated rings. The molecular weight excluding hydrogens is 396 g/mol. The Kier molecular flexibility index (Phi) is 4.53. The Morgan fingerprint density at radius 2 is 1.48 bits per heavy atom. The zero-order chi connectivity index (χ0) is 20.6. The summed E-state index contributed by atoms with van der Waals surface area (Å²) in [7, 11) is -4.07. The maximum Gasteiger partial charge on any atom is 0.335 e. The first-order valence-corrected chi connectivity index (χ1v) is 9.90. The summed E-state index contributed by atoms with van der Waals surface area (Å²) in [6.45, 7) is 0. The zero-order valence-corrected chi connectivity index (χ0v) is 15.6. The fraction of sp³-hybridized carbons (Fsp3) is 0. The Morgan fingerprint density at radius 1 is 0.828 bits per heavy atom. The van der Waals surface area contributed by atoms with Gasteiger partial charge in [-0.15, -0.1) is 4.83 Å². The molecule has 29 heavy (non-hydrogen) atoms. The number of hydrogen-bond donors (Lipinski definition) is 3. The van der Waals surface area contributed by atoms with Gasteiger partial charge in [-0.25, -0.2) is 13.2 Å². The second-order valence-electron chi connectivity index (χ2n) is 6.20. The van der Waals surface area contributed by atoms with Crippen molar-refractivity contribution in [2.75, 3.05) is 0 Å². The number of nitrogens with one attached hydrogen (secondary N) is 2. The second-order valence-corrected chi connectivity index (χ2v) is 7.88. The summed E-state index contributed by atoms with van der Waals surface area (Å²) in [5.41, 5.74) is 3.65. The molecule has 1 aromatic heterocycles. The van der Waals surface area contributed by atoms with E-state index >= 15 is 0 Å². The fourth-order valence-corrected chi connectivity index (χ4v) is 3.73. The molecule has 8 nitrogen and oxygen atoms in total. The molecule has 0 saturated heterocycles. The predicted octanol–water partition coefficient (Wildman–Crippen LogP) is 2.91. The second kappa shape index (κ2) is 7.04. The lowest BCUT2D eigenvalue weighted by Crippen LogP contribution is -2.41. The summed E-state index contributed by atoms with van der Waals surface area (Å²) in [5, 5.41) is 10.5. The number of carbonyl (C=O) groups excluding carboxylic acids is 1. The minimum Gasteiger partial charge on any atom is -0.478 e. The number of carboxylic acid groups (broad SMARTS) is 1. The van der Waals surface area contributed by atoms with E-state index in [1.165, 1.54) is 6.07 Å². The molecule has 3 aromatic carbocycles. The number of hydrogen-bond acceptors (Lipinski definition) is 5. The van der Waals surface area contributed by atoms with Gasteiger partial charge < -0.3 is 9.52 Å². The van der Waals surface area contributed by atoms with Crippen LogP contribution in [0.2, 0.25) is 0 Å². The normalized spacial score (nSPS) is 11.6. The monoisotopic (exact) mass is 410 g/mol. The minimum absolute atomic E-state index is 0.0476. The largest absolute Gasteiger partial charge is 0.478 e. The Bertz CT molecular complexity index is 1360. The number of aromatic carboxylic acids is 1. The van der Waals surface area contributed by atoms with Crippen LogP contribution in [0.5, 0.6) is 0 Å². The minimum atomic E-state index is -4.07. The lowest BCUT2D eigenvalue weighted by Gasteiger charge is -2.09. The molecule has 0 aliphatic heterocycles. The van der Waals surface area contributed by atoms with Crippen LogP contribution in [-0.4, -0.2) is 25.4 Å². The van der Waals surface area contributed by atoms with E-state index in [2.05, 4.69) is 5.43 Å². The van der Waals surface area contributed by atoms with Crippen LogP contribution in [0.4, 0.5) is 0 Å². The molecule has 1 heterocycles. The third kappa shape index (κ3) is 3.56. The Morgan fingerprint density at radius 3 is 2.21 bits per heavy atom. The van der Waals surface area contributed by atoms with Crippen molar-refractivity contribution < 1.29 is 27.5 Å². The Balaban J connectivity index is 1.54. The third-order valence-electron chi connectivity index (χ3n) is 4.35. The Hall–Kier alpha value is -3.69. The highest BCUT2D eigenvalue weighted by atomic mass is 32.2. The maximum atomic E-state index is 12.4. The summed E-state index contributed by atoms with van der Waals surface area (Å²) in [4.78, 5) is 25.1.